The Bertz CT molecular complexity index is 505. The van der Waals surface area contributed by atoms with Gasteiger partial charge in [-0.25, -0.2) is 0 Å². The van der Waals surface area contributed by atoms with E-state index in [9.17, 15) is 4.79 Å². The van der Waals surface area contributed by atoms with E-state index in [1.807, 2.05) is 24.3 Å². The van der Waals surface area contributed by atoms with Crippen LogP contribution in [0.2, 0.25) is 0 Å². The summed E-state index contributed by atoms with van der Waals surface area (Å²) in [6, 6.07) is 8.41. The Morgan fingerprint density at radius 3 is 2.95 bits per heavy atom. The molecule has 1 saturated carbocycles. The largest absolute Gasteiger partial charge is 0.492 e. The third kappa shape index (κ3) is 3.67. The van der Waals surface area contributed by atoms with E-state index >= 15 is 0 Å². The van der Waals surface area contributed by atoms with Gasteiger partial charge in [-0.3, -0.25) is 9.69 Å². The van der Waals surface area contributed by atoms with Crippen molar-refractivity contribution in [2.45, 2.75) is 38.1 Å². The molecule has 114 valence electrons. The summed E-state index contributed by atoms with van der Waals surface area (Å²) in [6.45, 7) is 2.71. The van der Waals surface area contributed by atoms with E-state index in [1.165, 1.54) is 12.8 Å². The average molecular weight is 352 g/mol. The molecule has 0 bridgehead atoms. The van der Waals surface area contributed by atoms with E-state index in [1.54, 1.807) is 0 Å². The van der Waals surface area contributed by atoms with Crippen molar-refractivity contribution in [2.75, 3.05) is 19.7 Å². The van der Waals surface area contributed by atoms with Crippen LogP contribution in [0.25, 0.3) is 0 Å². The highest BCUT2D eigenvalue weighted by Gasteiger charge is 2.37. The molecular formula is C17H22BrNO2. The van der Waals surface area contributed by atoms with Gasteiger partial charge in [0.05, 0.1) is 0 Å². The van der Waals surface area contributed by atoms with E-state index in [4.69, 9.17) is 4.74 Å². The maximum absolute atomic E-state index is 12.0. The summed E-state index contributed by atoms with van der Waals surface area (Å²) < 4.78 is 6.87. The zero-order chi connectivity index (χ0) is 14.7. The van der Waals surface area contributed by atoms with Gasteiger partial charge < -0.3 is 4.74 Å². The zero-order valence-electron chi connectivity index (χ0n) is 12.3. The molecule has 1 aromatic rings. The van der Waals surface area contributed by atoms with Crippen molar-refractivity contribution in [3.63, 3.8) is 0 Å². The topological polar surface area (TPSA) is 29.5 Å². The molecule has 0 aromatic heterocycles. The lowest BCUT2D eigenvalue weighted by atomic mass is 9.95. The highest BCUT2D eigenvalue weighted by Crippen LogP contribution is 2.33. The van der Waals surface area contributed by atoms with Crippen LogP contribution in [0.15, 0.2) is 28.7 Å². The van der Waals surface area contributed by atoms with Gasteiger partial charge in [0.15, 0.2) is 0 Å². The van der Waals surface area contributed by atoms with Crippen molar-refractivity contribution in [3.05, 3.63) is 28.7 Å². The summed E-state index contributed by atoms with van der Waals surface area (Å²) >= 11 is 3.45. The predicted molar refractivity (Wildman–Crippen MR) is 86.6 cm³/mol. The normalized spacial score (nSPS) is 26.4. The monoisotopic (exact) mass is 351 g/mol. The number of likely N-dealkylation sites (tertiary alicyclic amines) is 1. The van der Waals surface area contributed by atoms with Crippen LogP contribution in [0.5, 0.6) is 5.75 Å². The van der Waals surface area contributed by atoms with Crippen LogP contribution >= 0.6 is 15.9 Å². The minimum Gasteiger partial charge on any atom is -0.492 e. The molecule has 0 spiro atoms. The van der Waals surface area contributed by atoms with Crippen molar-refractivity contribution in [1.29, 1.82) is 0 Å². The standard InChI is InChI=1S/C17H22BrNO2/c18-13-4-1-5-14(12-13)21-11-10-19-9-3-7-16(19)15-6-2-8-17(15)20/h1,4-5,12,15-16H,2-3,6-11H2. The smallest absolute Gasteiger partial charge is 0.137 e. The Kier molecular flexibility index (Phi) is 4.96. The fraction of sp³-hybridized carbons (Fsp3) is 0.588. The number of halogens is 1. The van der Waals surface area contributed by atoms with Gasteiger partial charge in [0.25, 0.3) is 0 Å². The summed E-state index contributed by atoms with van der Waals surface area (Å²) in [5.41, 5.74) is 0. The van der Waals surface area contributed by atoms with E-state index in [-0.39, 0.29) is 0 Å². The molecule has 3 nitrogen and oxygen atoms in total. The van der Waals surface area contributed by atoms with Gasteiger partial charge in [-0.15, -0.1) is 0 Å². The molecule has 0 radical (unpaired) electrons. The predicted octanol–water partition coefficient (Wildman–Crippen LogP) is 3.66. The molecule has 0 N–H and O–H groups in total. The maximum atomic E-state index is 12.0. The quantitative estimate of drug-likeness (QED) is 0.810. The first-order valence-corrected chi connectivity index (χ1v) is 8.68. The van der Waals surface area contributed by atoms with Crippen LogP contribution in [0.1, 0.15) is 32.1 Å². The van der Waals surface area contributed by atoms with E-state index in [0.29, 0.717) is 24.3 Å². The molecule has 21 heavy (non-hydrogen) atoms. The van der Waals surface area contributed by atoms with E-state index < -0.39 is 0 Å². The summed E-state index contributed by atoms with van der Waals surface area (Å²) in [4.78, 5) is 14.4. The highest BCUT2D eigenvalue weighted by molar-refractivity contribution is 9.10. The van der Waals surface area contributed by atoms with Crippen molar-refractivity contribution >= 4 is 21.7 Å². The summed E-state index contributed by atoms with van der Waals surface area (Å²) in [7, 11) is 0. The molecule has 2 aliphatic rings. The van der Waals surface area contributed by atoms with Crippen molar-refractivity contribution in [3.8, 4) is 5.75 Å². The molecule has 2 atom stereocenters. The van der Waals surface area contributed by atoms with Crippen molar-refractivity contribution < 1.29 is 9.53 Å². The third-order valence-electron chi connectivity index (χ3n) is 4.67. The summed E-state index contributed by atoms with van der Waals surface area (Å²) in [5, 5.41) is 0. The number of ether oxygens (including phenoxy) is 1. The van der Waals surface area contributed by atoms with Crippen LogP contribution < -0.4 is 4.74 Å². The SMILES string of the molecule is O=C1CCCC1C1CCCN1CCOc1cccc(Br)c1. The molecule has 2 unspecified atom stereocenters. The molecule has 1 aromatic carbocycles. The molecule has 1 heterocycles. The average Bonchev–Trinajstić information content (AvgIpc) is 3.07. The number of Topliss-reactive ketones (excluding diaryl/α,β-unsaturated/α-hetero) is 1. The first-order chi connectivity index (χ1) is 10.2. The van der Waals surface area contributed by atoms with Crippen LogP contribution in [0.4, 0.5) is 0 Å². The molecule has 2 fully saturated rings. The van der Waals surface area contributed by atoms with Crippen molar-refractivity contribution in [2.24, 2.45) is 5.92 Å². The zero-order valence-corrected chi connectivity index (χ0v) is 13.8. The van der Waals surface area contributed by atoms with Crippen LogP contribution in [-0.4, -0.2) is 36.4 Å². The molecule has 3 rings (SSSR count). The minimum absolute atomic E-state index is 0.290. The summed E-state index contributed by atoms with van der Waals surface area (Å²) in [6.07, 6.45) is 5.36. The molecule has 4 heteroatoms. The highest BCUT2D eigenvalue weighted by atomic mass is 79.9. The van der Waals surface area contributed by atoms with Gasteiger partial charge in [-0.05, 0) is 50.4 Å². The minimum atomic E-state index is 0.290. The third-order valence-corrected chi connectivity index (χ3v) is 5.17. The fourth-order valence-electron chi connectivity index (χ4n) is 3.67. The maximum Gasteiger partial charge on any atom is 0.137 e. The van der Waals surface area contributed by atoms with Gasteiger partial charge in [-0.2, -0.15) is 0 Å². The van der Waals surface area contributed by atoms with E-state index in [0.717, 1.165) is 42.6 Å². The number of carbonyl (C=O) groups excluding carboxylic acids is 1. The first kappa shape index (κ1) is 15.0. The number of nitrogens with zero attached hydrogens (tertiary/aromatic N) is 1. The van der Waals surface area contributed by atoms with Crippen LogP contribution in [-0.2, 0) is 4.79 Å². The lowest BCUT2D eigenvalue weighted by molar-refractivity contribution is -0.122. The van der Waals surface area contributed by atoms with Gasteiger partial charge in [0, 0.05) is 29.4 Å². The first-order valence-electron chi connectivity index (χ1n) is 7.89. The van der Waals surface area contributed by atoms with Gasteiger partial charge >= 0.3 is 0 Å². The number of ketones is 1. The number of hydrogen-bond donors (Lipinski definition) is 0. The Balaban J connectivity index is 1.51. The molecule has 1 aliphatic carbocycles. The number of rotatable bonds is 5. The van der Waals surface area contributed by atoms with Gasteiger partial charge in [0.2, 0.25) is 0 Å². The Hall–Kier alpha value is -0.870. The number of carbonyl (C=O) groups is 1. The number of hydrogen-bond acceptors (Lipinski definition) is 3. The number of benzene rings is 1. The van der Waals surface area contributed by atoms with E-state index in [2.05, 4.69) is 20.8 Å². The lowest BCUT2D eigenvalue weighted by Crippen LogP contribution is -2.39. The molecule has 1 saturated heterocycles. The Morgan fingerprint density at radius 1 is 1.29 bits per heavy atom. The Morgan fingerprint density at radius 2 is 2.19 bits per heavy atom. The van der Waals surface area contributed by atoms with Crippen LogP contribution in [0.3, 0.4) is 0 Å². The second kappa shape index (κ2) is 6.93. The van der Waals surface area contributed by atoms with Gasteiger partial charge in [-0.1, -0.05) is 22.0 Å². The summed E-state index contributed by atoms with van der Waals surface area (Å²) in [5.74, 6) is 1.68. The van der Waals surface area contributed by atoms with Crippen molar-refractivity contribution in [1.82, 2.24) is 4.90 Å². The second-order valence-corrected chi connectivity index (χ2v) is 6.93. The molecule has 1 aliphatic heterocycles. The van der Waals surface area contributed by atoms with Crippen LogP contribution in [0, 0.1) is 5.92 Å². The fourth-order valence-corrected chi connectivity index (χ4v) is 4.05. The molecular weight excluding hydrogens is 330 g/mol. The Labute approximate surface area is 134 Å². The van der Waals surface area contributed by atoms with Gasteiger partial charge in [0.1, 0.15) is 18.1 Å². The second-order valence-electron chi connectivity index (χ2n) is 6.02. The lowest BCUT2D eigenvalue weighted by Gasteiger charge is -2.28. The molecule has 0 amide bonds.